The van der Waals surface area contributed by atoms with Gasteiger partial charge >= 0.3 is 0 Å². The van der Waals surface area contributed by atoms with E-state index >= 15 is 0 Å². The zero-order valence-electron chi connectivity index (χ0n) is 16.7. The molecule has 150 valence electrons. The number of carbonyl (C=O) groups excluding carboxylic acids is 1. The Labute approximate surface area is 170 Å². The monoisotopic (exact) mass is 390 g/mol. The molecule has 0 radical (unpaired) electrons. The van der Waals surface area contributed by atoms with E-state index in [1.54, 1.807) is 0 Å². The summed E-state index contributed by atoms with van der Waals surface area (Å²) in [6.45, 7) is 3.99. The van der Waals surface area contributed by atoms with Gasteiger partial charge in [-0.25, -0.2) is 0 Å². The minimum atomic E-state index is -0.233. The molecule has 0 unspecified atom stereocenters. The minimum absolute atomic E-state index is 0.233. The molecule has 1 aliphatic heterocycles. The van der Waals surface area contributed by atoms with E-state index in [4.69, 9.17) is 4.74 Å². The highest BCUT2D eigenvalue weighted by molar-refractivity contribution is 6.07. The van der Waals surface area contributed by atoms with Crippen molar-refractivity contribution < 1.29 is 9.53 Å². The van der Waals surface area contributed by atoms with Crippen LogP contribution in [-0.4, -0.2) is 41.8 Å². The number of amides is 1. The molecule has 1 aromatic heterocycles. The maximum Gasteiger partial charge on any atom is 0.272 e. The van der Waals surface area contributed by atoms with Crippen LogP contribution in [0.15, 0.2) is 54.6 Å². The summed E-state index contributed by atoms with van der Waals surface area (Å²) in [5.74, 6) is 1.42. The van der Waals surface area contributed by atoms with E-state index in [2.05, 4.69) is 27.3 Å². The third-order valence-electron chi connectivity index (χ3n) is 5.36. The molecule has 6 nitrogen and oxygen atoms in total. The van der Waals surface area contributed by atoms with Crippen LogP contribution in [-0.2, 0) is 0 Å². The molecule has 29 heavy (non-hydrogen) atoms. The summed E-state index contributed by atoms with van der Waals surface area (Å²) in [6.07, 6.45) is 3.55. The van der Waals surface area contributed by atoms with Gasteiger partial charge in [0.2, 0.25) is 0 Å². The zero-order chi connectivity index (χ0) is 20.1. The number of piperidine rings is 1. The summed E-state index contributed by atoms with van der Waals surface area (Å²) in [7, 11) is 0. The highest BCUT2D eigenvalue weighted by atomic mass is 16.5. The Morgan fingerprint density at radius 1 is 1.07 bits per heavy atom. The molecule has 1 amide bonds. The van der Waals surface area contributed by atoms with Gasteiger partial charge in [0.15, 0.2) is 11.5 Å². The lowest BCUT2D eigenvalue weighted by Crippen LogP contribution is -2.38. The summed E-state index contributed by atoms with van der Waals surface area (Å²) in [5.41, 5.74) is 0.355. The molecule has 0 aliphatic carbocycles. The standard InChI is InChI=1S/C23H26N4O2/c1-17-9-7-8-15-27(17)22-20-13-6-5-12-19(20)21(25-26-22)23(28)24-14-16-29-18-10-3-2-4-11-18/h2-6,10-13,17H,7-9,14-16H2,1H3,(H,24,28)/t17-/m0/s1. The number of benzene rings is 2. The lowest BCUT2D eigenvalue weighted by molar-refractivity contribution is 0.0943. The van der Waals surface area contributed by atoms with Crippen LogP contribution in [0.3, 0.4) is 0 Å². The molecule has 1 fully saturated rings. The quantitative estimate of drug-likeness (QED) is 0.648. The second-order valence-electron chi connectivity index (χ2n) is 7.37. The first-order valence-corrected chi connectivity index (χ1v) is 10.2. The summed E-state index contributed by atoms with van der Waals surface area (Å²) >= 11 is 0. The molecule has 2 aromatic carbocycles. The van der Waals surface area contributed by atoms with Crippen molar-refractivity contribution in [3.8, 4) is 5.75 Å². The predicted octanol–water partition coefficient (Wildman–Crippen LogP) is 3.82. The molecule has 3 aromatic rings. The molecule has 0 bridgehead atoms. The van der Waals surface area contributed by atoms with Crippen LogP contribution in [0.5, 0.6) is 5.75 Å². The first kappa shape index (κ1) is 19.2. The van der Waals surface area contributed by atoms with Crippen LogP contribution in [0.2, 0.25) is 0 Å². The second-order valence-corrected chi connectivity index (χ2v) is 7.37. The first-order chi connectivity index (χ1) is 14.2. The third kappa shape index (κ3) is 4.31. The Kier molecular flexibility index (Phi) is 5.89. The number of ether oxygens (including phenoxy) is 1. The summed E-state index contributed by atoms with van der Waals surface area (Å²) in [6, 6.07) is 17.9. The maximum atomic E-state index is 12.7. The average Bonchev–Trinajstić information content (AvgIpc) is 2.77. The maximum absolute atomic E-state index is 12.7. The second kappa shape index (κ2) is 8.90. The normalized spacial score (nSPS) is 16.6. The van der Waals surface area contributed by atoms with Gasteiger partial charge in [-0.1, -0.05) is 42.5 Å². The van der Waals surface area contributed by atoms with Crippen LogP contribution in [0, 0.1) is 0 Å². The number of rotatable bonds is 6. The fourth-order valence-electron chi connectivity index (χ4n) is 3.82. The van der Waals surface area contributed by atoms with Gasteiger partial charge in [0.05, 0.1) is 6.54 Å². The molecule has 1 atom stereocenters. The molecule has 2 heterocycles. The Morgan fingerprint density at radius 2 is 1.83 bits per heavy atom. The molecule has 0 saturated carbocycles. The highest BCUT2D eigenvalue weighted by Gasteiger charge is 2.24. The van der Waals surface area contributed by atoms with Crippen molar-refractivity contribution in [3.05, 3.63) is 60.3 Å². The van der Waals surface area contributed by atoms with Crippen molar-refractivity contribution in [1.82, 2.24) is 15.5 Å². The van der Waals surface area contributed by atoms with Crippen molar-refractivity contribution >= 4 is 22.5 Å². The molecule has 6 heteroatoms. The van der Waals surface area contributed by atoms with E-state index in [1.807, 2.05) is 54.6 Å². The SMILES string of the molecule is C[C@H]1CCCCN1c1nnc(C(=O)NCCOc2ccccc2)c2ccccc12. The predicted molar refractivity (Wildman–Crippen MR) is 114 cm³/mol. The fourth-order valence-corrected chi connectivity index (χ4v) is 3.82. The van der Waals surface area contributed by atoms with E-state index in [9.17, 15) is 4.79 Å². The van der Waals surface area contributed by atoms with Crippen LogP contribution in [0.1, 0.15) is 36.7 Å². The summed E-state index contributed by atoms with van der Waals surface area (Å²) in [5, 5.41) is 13.5. The van der Waals surface area contributed by atoms with E-state index in [0.717, 1.165) is 41.7 Å². The topological polar surface area (TPSA) is 67.4 Å². The van der Waals surface area contributed by atoms with Gasteiger partial charge in [0.25, 0.3) is 5.91 Å². The smallest absolute Gasteiger partial charge is 0.272 e. The van der Waals surface area contributed by atoms with Crippen molar-refractivity contribution in [2.45, 2.75) is 32.2 Å². The highest BCUT2D eigenvalue weighted by Crippen LogP contribution is 2.30. The fraction of sp³-hybridized carbons (Fsp3) is 0.348. The third-order valence-corrected chi connectivity index (χ3v) is 5.36. The Hall–Kier alpha value is -3.15. The van der Waals surface area contributed by atoms with Gasteiger partial charge in [-0.3, -0.25) is 4.79 Å². The number of nitrogens with zero attached hydrogens (tertiary/aromatic N) is 3. The summed E-state index contributed by atoms with van der Waals surface area (Å²) < 4.78 is 5.63. The van der Waals surface area contributed by atoms with Crippen molar-refractivity contribution in [3.63, 3.8) is 0 Å². The molecule has 1 saturated heterocycles. The largest absolute Gasteiger partial charge is 0.492 e. The van der Waals surface area contributed by atoms with Gasteiger partial charge in [0.1, 0.15) is 12.4 Å². The number of aromatic nitrogens is 2. The van der Waals surface area contributed by atoms with Crippen LogP contribution in [0.25, 0.3) is 10.8 Å². The number of para-hydroxylation sites is 1. The number of nitrogens with one attached hydrogen (secondary N) is 1. The molecular weight excluding hydrogens is 364 g/mol. The van der Waals surface area contributed by atoms with Gasteiger partial charge in [-0.15, -0.1) is 10.2 Å². The van der Waals surface area contributed by atoms with Crippen molar-refractivity contribution in [2.75, 3.05) is 24.6 Å². The minimum Gasteiger partial charge on any atom is -0.492 e. The van der Waals surface area contributed by atoms with Gasteiger partial charge < -0.3 is 15.0 Å². The zero-order valence-corrected chi connectivity index (χ0v) is 16.7. The molecular formula is C23H26N4O2. The number of fused-ring (bicyclic) bond motifs is 1. The van der Waals surface area contributed by atoms with Gasteiger partial charge in [-0.2, -0.15) is 0 Å². The first-order valence-electron chi connectivity index (χ1n) is 10.2. The van der Waals surface area contributed by atoms with E-state index in [0.29, 0.717) is 24.9 Å². The number of carbonyl (C=O) groups is 1. The average molecular weight is 390 g/mol. The number of hydrogen-bond acceptors (Lipinski definition) is 5. The van der Waals surface area contributed by atoms with Gasteiger partial charge in [0, 0.05) is 23.4 Å². The Morgan fingerprint density at radius 3 is 2.62 bits per heavy atom. The number of anilines is 1. The summed E-state index contributed by atoms with van der Waals surface area (Å²) in [4.78, 5) is 15.1. The molecule has 1 N–H and O–H groups in total. The van der Waals surface area contributed by atoms with Crippen LogP contribution in [0.4, 0.5) is 5.82 Å². The Balaban J connectivity index is 1.49. The molecule has 0 spiro atoms. The van der Waals surface area contributed by atoms with Crippen molar-refractivity contribution in [1.29, 1.82) is 0 Å². The molecule has 1 aliphatic rings. The lowest BCUT2D eigenvalue weighted by atomic mass is 10.0. The lowest BCUT2D eigenvalue weighted by Gasteiger charge is -2.34. The van der Waals surface area contributed by atoms with Crippen LogP contribution < -0.4 is 15.0 Å². The van der Waals surface area contributed by atoms with Gasteiger partial charge in [-0.05, 0) is 38.3 Å². The Bertz CT molecular complexity index is 977. The van der Waals surface area contributed by atoms with E-state index in [-0.39, 0.29) is 5.91 Å². The number of hydrogen-bond donors (Lipinski definition) is 1. The van der Waals surface area contributed by atoms with Crippen LogP contribution >= 0.6 is 0 Å². The van der Waals surface area contributed by atoms with Crippen molar-refractivity contribution in [2.24, 2.45) is 0 Å². The molecule has 4 rings (SSSR count). The van der Waals surface area contributed by atoms with E-state index in [1.165, 1.54) is 6.42 Å². The van der Waals surface area contributed by atoms with E-state index < -0.39 is 0 Å².